The Bertz CT molecular complexity index is 3000. The third kappa shape index (κ3) is 6.12. The van der Waals surface area contributed by atoms with E-state index >= 15 is 0 Å². The molecule has 0 aliphatic carbocycles. The van der Waals surface area contributed by atoms with Gasteiger partial charge in [-0.25, -0.2) is 0 Å². The van der Waals surface area contributed by atoms with Crippen molar-refractivity contribution in [2.75, 3.05) is 10.3 Å². The van der Waals surface area contributed by atoms with Crippen molar-refractivity contribution in [2.24, 2.45) is 5.10 Å². The Morgan fingerprint density at radius 3 is 1.73 bits per heavy atom. The molecule has 0 aliphatic rings. The lowest BCUT2D eigenvalue weighted by molar-refractivity contribution is 1.30. The van der Waals surface area contributed by atoms with Crippen molar-refractivity contribution in [1.82, 2.24) is 0 Å². The highest BCUT2D eigenvalue weighted by Crippen LogP contribution is 2.41. The van der Waals surface area contributed by atoms with Gasteiger partial charge in [-0.15, -0.1) is 0 Å². The maximum atomic E-state index is 4.99. The van der Waals surface area contributed by atoms with Crippen molar-refractivity contribution in [3.8, 4) is 11.1 Å². The first-order valence-corrected chi connectivity index (χ1v) is 19.0. The number of rotatable bonds is 8. The van der Waals surface area contributed by atoms with Gasteiger partial charge < -0.3 is 4.90 Å². The second kappa shape index (κ2) is 14.4. The zero-order valence-corrected chi connectivity index (χ0v) is 30.7. The summed E-state index contributed by atoms with van der Waals surface area (Å²) in [7, 11) is 0. The predicted molar refractivity (Wildman–Crippen MR) is 239 cm³/mol. The standard InChI is InChI=1S/C53H37N3/c1-4-16-38(17-5-1)53(39-18-6-2-7-19-39)55-54-51-27-14-25-49-45(24-13-26-50(49)51)41-31-33-46-40(35-41)29-30-42-36-44(32-34-47(42)46)56(43-21-8-3-9-22-43)52-28-12-20-37-15-10-11-23-48(37)52/h1-36,54H. The van der Waals surface area contributed by atoms with E-state index in [0.29, 0.717) is 0 Å². The molecule has 0 aliphatic heterocycles. The number of anilines is 4. The Kier molecular flexibility index (Phi) is 8.51. The molecule has 0 fully saturated rings. The fourth-order valence-electron chi connectivity index (χ4n) is 8.04. The Morgan fingerprint density at radius 2 is 0.964 bits per heavy atom. The average Bonchev–Trinajstić information content (AvgIpc) is 3.27. The fraction of sp³-hybridized carbons (Fsp3) is 0. The van der Waals surface area contributed by atoms with Gasteiger partial charge in [0.05, 0.1) is 17.1 Å². The van der Waals surface area contributed by atoms with Crippen molar-refractivity contribution >= 4 is 71.6 Å². The van der Waals surface area contributed by atoms with Crippen LogP contribution in [0.3, 0.4) is 0 Å². The van der Waals surface area contributed by atoms with E-state index in [2.05, 4.69) is 217 Å². The molecule has 0 heterocycles. The molecule has 10 aromatic carbocycles. The lowest BCUT2D eigenvalue weighted by atomic mass is 9.94. The van der Waals surface area contributed by atoms with Crippen LogP contribution in [0.5, 0.6) is 0 Å². The molecule has 0 amide bonds. The zero-order valence-electron chi connectivity index (χ0n) is 30.7. The molecule has 10 rings (SSSR count). The maximum absolute atomic E-state index is 4.99. The molecular formula is C53H37N3. The molecule has 0 atom stereocenters. The van der Waals surface area contributed by atoms with Gasteiger partial charge in [0.25, 0.3) is 0 Å². The molecule has 3 nitrogen and oxygen atoms in total. The van der Waals surface area contributed by atoms with E-state index < -0.39 is 0 Å². The summed E-state index contributed by atoms with van der Waals surface area (Å²) < 4.78 is 0. The van der Waals surface area contributed by atoms with Crippen LogP contribution in [-0.4, -0.2) is 5.71 Å². The number of hydrogen-bond donors (Lipinski definition) is 1. The van der Waals surface area contributed by atoms with E-state index in [1.807, 2.05) is 12.1 Å². The third-order valence-corrected chi connectivity index (χ3v) is 10.7. The number of hydrogen-bond acceptors (Lipinski definition) is 3. The van der Waals surface area contributed by atoms with Crippen LogP contribution >= 0.6 is 0 Å². The highest BCUT2D eigenvalue weighted by atomic mass is 15.3. The van der Waals surface area contributed by atoms with Gasteiger partial charge in [-0.05, 0) is 85.9 Å². The molecular weight excluding hydrogens is 679 g/mol. The molecule has 264 valence electrons. The van der Waals surface area contributed by atoms with Crippen molar-refractivity contribution < 1.29 is 0 Å². The summed E-state index contributed by atoms with van der Waals surface area (Å²) in [6, 6.07) is 77.7. The molecule has 10 aromatic rings. The van der Waals surface area contributed by atoms with Gasteiger partial charge in [-0.3, -0.25) is 5.43 Å². The fourth-order valence-corrected chi connectivity index (χ4v) is 8.04. The van der Waals surface area contributed by atoms with E-state index in [9.17, 15) is 0 Å². The third-order valence-electron chi connectivity index (χ3n) is 10.7. The Labute approximate surface area is 326 Å². The molecule has 1 N–H and O–H groups in total. The normalized spacial score (nSPS) is 11.2. The quantitative estimate of drug-likeness (QED) is 0.0963. The van der Waals surface area contributed by atoms with E-state index in [1.165, 1.54) is 48.8 Å². The predicted octanol–water partition coefficient (Wildman–Crippen LogP) is 14.3. The Balaban J connectivity index is 1.02. The Hall–Kier alpha value is -7.49. The first kappa shape index (κ1) is 33.1. The summed E-state index contributed by atoms with van der Waals surface area (Å²) in [5.74, 6) is 0. The monoisotopic (exact) mass is 715 g/mol. The molecule has 0 unspecified atom stereocenters. The van der Waals surface area contributed by atoms with Crippen molar-refractivity contribution in [3.63, 3.8) is 0 Å². The van der Waals surface area contributed by atoms with Gasteiger partial charge >= 0.3 is 0 Å². The van der Waals surface area contributed by atoms with E-state index in [-0.39, 0.29) is 0 Å². The molecule has 0 saturated carbocycles. The highest BCUT2D eigenvalue weighted by Gasteiger charge is 2.16. The summed E-state index contributed by atoms with van der Waals surface area (Å²) in [6.45, 7) is 0. The minimum Gasteiger partial charge on any atom is -0.310 e. The first-order valence-electron chi connectivity index (χ1n) is 19.0. The number of benzene rings is 10. The van der Waals surface area contributed by atoms with Crippen LogP contribution in [0.15, 0.2) is 223 Å². The summed E-state index contributed by atoms with van der Waals surface area (Å²) >= 11 is 0. The van der Waals surface area contributed by atoms with Crippen molar-refractivity contribution in [3.05, 3.63) is 230 Å². The van der Waals surface area contributed by atoms with E-state index in [1.54, 1.807) is 0 Å². The molecule has 3 heteroatoms. The van der Waals surface area contributed by atoms with Gasteiger partial charge in [0.15, 0.2) is 0 Å². The summed E-state index contributed by atoms with van der Waals surface area (Å²) in [5.41, 5.74) is 13.2. The smallest absolute Gasteiger partial charge is 0.0977 e. The van der Waals surface area contributed by atoms with Crippen LogP contribution < -0.4 is 10.3 Å². The van der Waals surface area contributed by atoms with Crippen LogP contribution in [0.2, 0.25) is 0 Å². The average molecular weight is 716 g/mol. The topological polar surface area (TPSA) is 27.6 Å². The Morgan fingerprint density at radius 1 is 0.375 bits per heavy atom. The highest BCUT2D eigenvalue weighted by molar-refractivity contribution is 6.14. The molecule has 0 aromatic heterocycles. The minimum absolute atomic E-state index is 0.898. The van der Waals surface area contributed by atoms with Crippen LogP contribution in [0.25, 0.3) is 54.2 Å². The van der Waals surface area contributed by atoms with Crippen LogP contribution in [-0.2, 0) is 0 Å². The van der Waals surface area contributed by atoms with Gasteiger partial charge in [-0.2, -0.15) is 5.10 Å². The summed E-state index contributed by atoms with van der Waals surface area (Å²) in [6.07, 6.45) is 0. The van der Waals surface area contributed by atoms with Gasteiger partial charge in [-0.1, -0.05) is 176 Å². The second-order valence-corrected chi connectivity index (χ2v) is 14.1. The lowest BCUT2D eigenvalue weighted by Gasteiger charge is -2.27. The number of hydrazone groups is 1. The minimum atomic E-state index is 0.898. The zero-order chi connectivity index (χ0) is 37.3. The van der Waals surface area contributed by atoms with Gasteiger partial charge in [0.2, 0.25) is 0 Å². The molecule has 0 bridgehead atoms. The van der Waals surface area contributed by atoms with Gasteiger partial charge in [0, 0.05) is 33.3 Å². The molecule has 0 radical (unpaired) electrons. The lowest BCUT2D eigenvalue weighted by Crippen LogP contribution is -2.10. The second-order valence-electron chi connectivity index (χ2n) is 14.1. The number of nitrogens with one attached hydrogen (secondary N) is 1. The number of nitrogens with zero attached hydrogens (tertiary/aromatic N) is 2. The van der Waals surface area contributed by atoms with Crippen molar-refractivity contribution in [2.45, 2.75) is 0 Å². The largest absolute Gasteiger partial charge is 0.310 e. The van der Waals surface area contributed by atoms with Crippen LogP contribution in [0, 0.1) is 0 Å². The summed E-state index contributed by atoms with van der Waals surface area (Å²) in [5, 5.41) is 14.6. The SMILES string of the molecule is c1ccc(C(=NNc2cccc3c(-c4ccc5c(ccc6cc(N(c7ccccc7)c7cccc8ccccc78)ccc65)c4)cccc23)c2ccccc2)cc1. The number of para-hydroxylation sites is 1. The molecule has 0 spiro atoms. The molecule has 0 saturated heterocycles. The summed E-state index contributed by atoms with van der Waals surface area (Å²) in [4.78, 5) is 2.37. The van der Waals surface area contributed by atoms with Gasteiger partial charge in [0.1, 0.15) is 0 Å². The van der Waals surface area contributed by atoms with Crippen LogP contribution in [0.4, 0.5) is 22.7 Å². The van der Waals surface area contributed by atoms with Crippen molar-refractivity contribution in [1.29, 1.82) is 0 Å². The van der Waals surface area contributed by atoms with Crippen LogP contribution in [0.1, 0.15) is 11.1 Å². The maximum Gasteiger partial charge on any atom is 0.0977 e. The molecule has 56 heavy (non-hydrogen) atoms. The first-order chi connectivity index (χ1) is 27.8. The number of fused-ring (bicyclic) bond motifs is 5. The van der Waals surface area contributed by atoms with E-state index in [4.69, 9.17) is 5.10 Å². The van der Waals surface area contributed by atoms with E-state index in [0.717, 1.165) is 45.0 Å².